The Morgan fingerprint density at radius 1 is 1.25 bits per heavy atom. The van der Waals surface area contributed by atoms with Crippen LogP contribution in [0.15, 0.2) is 24.3 Å². The average molecular weight is 394 g/mol. The van der Waals surface area contributed by atoms with E-state index in [9.17, 15) is 22.8 Å². The highest BCUT2D eigenvalue weighted by molar-refractivity contribution is 6.06. The average Bonchev–Trinajstić information content (AvgIpc) is 3.15. The van der Waals surface area contributed by atoms with Crippen LogP contribution in [-0.2, 0) is 4.79 Å². The number of rotatable bonds is 4. The third-order valence-corrected chi connectivity index (χ3v) is 5.64. The number of nitrogens with one attached hydrogen (secondary N) is 2. The fraction of sp³-hybridized carbons (Fsp3) is 0.526. The molecule has 1 aliphatic carbocycles. The van der Waals surface area contributed by atoms with Crippen molar-refractivity contribution in [1.29, 1.82) is 0 Å². The second-order valence-electron chi connectivity index (χ2n) is 7.53. The molecule has 1 aromatic carbocycles. The monoisotopic (exact) mass is 394 g/mol. The Bertz CT molecular complexity index is 918. The summed E-state index contributed by atoms with van der Waals surface area (Å²) in [7, 11) is 0. The van der Waals surface area contributed by atoms with Crippen molar-refractivity contribution in [2.75, 3.05) is 5.32 Å². The van der Waals surface area contributed by atoms with Gasteiger partial charge in [-0.1, -0.05) is 44.2 Å². The van der Waals surface area contributed by atoms with Crippen molar-refractivity contribution in [3.63, 3.8) is 0 Å². The van der Waals surface area contributed by atoms with Crippen molar-refractivity contribution in [1.82, 2.24) is 14.9 Å². The highest BCUT2D eigenvalue weighted by Crippen LogP contribution is 2.39. The molecule has 1 aromatic heterocycles. The predicted molar refractivity (Wildman–Crippen MR) is 96.7 cm³/mol. The molecule has 1 aliphatic heterocycles. The van der Waals surface area contributed by atoms with Crippen molar-refractivity contribution in [3.8, 4) is 0 Å². The minimum absolute atomic E-state index is 0.0412. The van der Waals surface area contributed by atoms with Gasteiger partial charge in [0, 0.05) is 6.42 Å². The van der Waals surface area contributed by atoms with E-state index < -0.39 is 23.7 Å². The second-order valence-corrected chi connectivity index (χ2v) is 7.53. The number of imidazole rings is 1. The quantitative estimate of drug-likeness (QED) is 0.826. The summed E-state index contributed by atoms with van der Waals surface area (Å²) >= 11 is 0. The van der Waals surface area contributed by atoms with E-state index in [4.69, 9.17) is 0 Å². The normalized spacial score (nSPS) is 22.9. The standard InChI is InChI=1S/C19H21F3N4O2/c20-19(21,22)18(24-15(27)11-10-12-6-2-1-3-7-12)16(28)26-14-9-5-4-8-13(14)23-17(26)25-18/h4-5,8-9,12H,1-3,6-7,10-11H2,(H,23,25)(H,24,27)/t18-/m0/s1. The van der Waals surface area contributed by atoms with Crippen molar-refractivity contribution in [3.05, 3.63) is 24.3 Å². The highest BCUT2D eigenvalue weighted by Gasteiger charge is 2.66. The molecule has 2 aliphatic rings. The van der Waals surface area contributed by atoms with Crippen LogP contribution >= 0.6 is 0 Å². The third-order valence-electron chi connectivity index (χ3n) is 5.64. The van der Waals surface area contributed by atoms with Crippen LogP contribution in [-0.4, -0.2) is 33.2 Å². The lowest BCUT2D eigenvalue weighted by atomic mass is 9.86. The molecule has 9 heteroatoms. The molecule has 0 unspecified atom stereocenters. The third kappa shape index (κ3) is 3.02. The maximum absolute atomic E-state index is 13.9. The first-order chi connectivity index (χ1) is 13.3. The van der Waals surface area contributed by atoms with E-state index in [1.54, 1.807) is 18.2 Å². The molecule has 2 aromatic rings. The van der Waals surface area contributed by atoms with Gasteiger partial charge in [0.1, 0.15) is 0 Å². The maximum Gasteiger partial charge on any atom is 0.440 e. The predicted octanol–water partition coefficient (Wildman–Crippen LogP) is 3.84. The van der Waals surface area contributed by atoms with E-state index in [1.165, 1.54) is 6.07 Å². The van der Waals surface area contributed by atoms with Crippen LogP contribution in [0.2, 0.25) is 0 Å². The first-order valence-corrected chi connectivity index (χ1v) is 9.50. The molecule has 1 amide bonds. The van der Waals surface area contributed by atoms with Crippen molar-refractivity contribution in [2.45, 2.75) is 56.8 Å². The summed E-state index contributed by atoms with van der Waals surface area (Å²) in [6.45, 7) is 0. The number of fused-ring (bicyclic) bond motifs is 3. The molecular weight excluding hydrogens is 373 g/mol. The van der Waals surface area contributed by atoms with Crippen LogP contribution in [0.25, 0.3) is 11.0 Å². The van der Waals surface area contributed by atoms with Gasteiger partial charge >= 0.3 is 6.18 Å². The molecule has 0 bridgehead atoms. The Morgan fingerprint density at radius 3 is 2.68 bits per heavy atom. The minimum atomic E-state index is -5.02. The van der Waals surface area contributed by atoms with Gasteiger partial charge in [-0.15, -0.1) is 0 Å². The van der Waals surface area contributed by atoms with Gasteiger partial charge in [0.25, 0.3) is 11.6 Å². The zero-order valence-corrected chi connectivity index (χ0v) is 15.2. The van der Waals surface area contributed by atoms with Crippen molar-refractivity contribution < 1.29 is 22.8 Å². The number of hydrogen-bond acceptors (Lipinski definition) is 4. The number of carbonyl (C=O) groups excluding carboxylic acids is 2. The Labute approximate surface area is 159 Å². The number of alkyl halides is 3. The van der Waals surface area contributed by atoms with Gasteiger partial charge in [-0.05, 0) is 24.5 Å². The van der Waals surface area contributed by atoms with Crippen LogP contribution in [0.1, 0.15) is 49.7 Å². The maximum atomic E-state index is 13.9. The topological polar surface area (TPSA) is 76.0 Å². The van der Waals surface area contributed by atoms with E-state index in [0.717, 1.165) is 36.7 Å². The lowest BCUT2D eigenvalue weighted by Gasteiger charge is -2.31. The summed E-state index contributed by atoms with van der Waals surface area (Å²) in [5.41, 5.74) is -2.53. The van der Waals surface area contributed by atoms with E-state index in [-0.39, 0.29) is 17.9 Å². The van der Waals surface area contributed by atoms with Gasteiger partial charge in [-0.2, -0.15) is 13.2 Å². The molecule has 0 saturated heterocycles. The van der Waals surface area contributed by atoms with Crippen molar-refractivity contribution in [2.24, 2.45) is 5.92 Å². The van der Waals surface area contributed by atoms with Crippen LogP contribution in [0.4, 0.5) is 19.1 Å². The summed E-state index contributed by atoms with van der Waals surface area (Å²) in [5, 5.41) is 4.08. The van der Waals surface area contributed by atoms with Gasteiger partial charge in [-0.25, -0.2) is 9.55 Å². The Kier molecular flexibility index (Phi) is 4.55. The molecule has 1 fully saturated rings. The second kappa shape index (κ2) is 6.79. The fourth-order valence-corrected chi connectivity index (χ4v) is 4.13. The Hall–Kier alpha value is -2.58. The number of anilines is 1. The highest BCUT2D eigenvalue weighted by atomic mass is 19.4. The summed E-state index contributed by atoms with van der Waals surface area (Å²) in [6, 6.07) is 6.41. The lowest BCUT2D eigenvalue weighted by molar-refractivity contribution is -0.176. The summed E-state index contributed by atoms with van der Waals surface area (Å²) in [6.07, 6.45) is 0.804. The first-order valence-electron chi connectivity index (χ1n) is 9.50. The van der Waals surface area contributed by atoms with Crippen LogP contribution in [0, 0.1) is 5.92 Å². The van der Waals surface area contributed by atoms with Gasteiger partial charge < -0.3 is 10.6 Å². The number of amides is 1. The number of benzene rings is 1. The molecule has 1 atom stereocenters. The van der Waals surface area contributed by atoms with Crippen LogP contribution in [0.5, 0.6) is 0 Å². The van der Waals surface area contributed by atoms with Gasteiger partial charge in [0.15, 0.2) is 0 Å². The Morgan fingerprint density at radius 2 is 1.96 bits per heavy atom. The molecule has 4 rings (SSSR count). The number of halogens is 3. The smallest absolute Gasteiger partial charge is 0.318 e. The van der Waals surface area contributed by atoms with Gasteiger partial charge in [0.05, 0.1) is 11.0 Å². The molecule has 28 heavy (non-hydrogen) atoms. The largest absolute Gasteiger partial charge is 0.440 e. The Balaban J connectivity index is 1.56. The fourth-order valence-electron chi connectivity index (χ4n) is 4.13. The molecule has 6 nitrogen and oxygen atoms in total. The molecule has 1 saturated carbocycles. The zero-order chi connectivity index (χ0) is 19.9. The van der Waals surface area contributed by atoms with Crippen molar-refractivity contribution >= 4 is 28.8 Å². The first kappa shape index (κ1) is 18.8. The minimum Gasteiger partial charge on any atom is -0.318 e. The summed E-state index contributed by atoms with van der Waals surface area (Å²) in [4.78, 5) is 29.2. The number of carbonyl (C=O) groups is 2. The van der Waals surface area contributed by atoms with E-state index >= 15 is 0 Å². The van der Waals surface area contributed by atoms with Crippen LogP contribution < -0.4 is 10.6 Å². The number of aromatic nitrogens is 2. The van der Waals surface area contributed by atoms with Gasteiger partial charge in [-0.3, -0.25) is 9.59 Å². The number of hydrogen-bond donors (Lipinski definition) is 2. The van der Waals surface area contributed by atoms with Gasteiger partial charge in [0.2, 0.25) is 11.9 Å². The number of nitrogens with zero attached hydrogens (tertiary/aromatic N) is 2. The molecule has 2 heterocycles. The zero-order valence-electron chi connectivity index (χ0n) is 15.2. The summed E-state index contributed by atoms with van der Waals surface area (Å²) < 4.78 is 42.7. The SMILES string of the molecule is O=C(CCC1CCCCC1)N[C@]1(C(F)(F)F)Nc2nc3ccccc3n2C1=O. The van der Waals surface area contributed by atoms with E-state index in [2.05, 4.69) is 10.3 Å². The lowest BCUT2D eigenvalue weighted by Crippen LogP contribution is -2.67. The molecule has 0 radical (unpaired) electrons. The van der Waals surface area contributed by atoms with E-state index in [1.807, 2.05) is 5.32 Å². The van der Waals surface area contributed by atoms with Crippen LogP contribution in [0.3, 0.4) is 0 Å². The molecule has 2 N–H and O–H groups in total. The molecular formula is C19H21F3N4O2. The molecule has 0 spiro atoms. The number of para-hydroxylation sites is 2. The van der Waals surface area contributed by atoms with E-state index in [0.29, 0.717) is 17.9 Å². The molecule has 150 valence electrons. The summed E-state index contributed by atoms with van der Waals surface area (Å²) in [5.74, 6) is -1.96.